The van der Waals surface area contributed by atoms with Gasteiger partial charge in [0.05, 0.1) is 23.1 Å². The standard InChI is InChI=1S/C14H11F3N2O3S/c15-14(16,17)8-1-2-10-11(5-8)12(6-18)19(13(10)20)9-3-4-23(21,22)7-9/h1-2,5,9,12H,3-4,7H2. The zero-order valence-electron chi connectivity index (χ0n) is 11.7. The van der Waals surface area contributed by atoms with Gasteiger partial charge in [0.2, 0.25) is 0 Å². The predicted molar refractivity (Wildman–Crippen MR) is 73.0 cm³/mol. The molecule has 2 aliphatic rings. The molecule has 0 aromatic heterocycles. The summed E-state index contributed by atoms with van der Waals surface area (Å²) < 4.78 is 61.6. The molecule has 5 nitrogen and oxygen atoms in total. The van der Waals surface area contributed by atoms with Gasteiger partial charge in [-0.05, 0) is 24.6 Å². The first-order valence-electron chi connectivity index (χ1n) is 6.78. The largest absolute Gasteiger partial charge is 0.416 e. The molecule has 9 heteroatoms. The maximum Gasteiger partial charge on any atom is 0.416 e. The van der Waals surface area contributed by atoms with Gasteiger partial charge >= 0.3 is 6.18 Å². The van der Waals surface area contributed by atoms with Crippen LogP contribution in [-0.4, -0.2) is 36.8 Å². The number of benzene rings is 1. The number of alkyl halides is 3. The van der Waals surface area contributed by atoms with Gasteiger partial charge in [-0.15, -0.1) is 0 Å². The Morgan fingerprint density at radius 3 is 2.52 bits per heavy atom. The second-order valence-electron chi connectivity index (χ2n) is 5.60. The van der Waals surface area contributed by atoms with E-state index in [1.54, 1.807) is 0 Å². The van der Waals surface area contributed by atoms with Crippen molar-refractivity contribution in [2.75, 3.05) is 11.5 Å². The molecule has 122 valence electrons. The summed E-state index contributed by atoms with van der Waals surface area (Å²) >= 11 is 0. The topological polar surface area (TPSA) is 78.2 Å². The third-order valence-electron chi connectivity index (χ3n) is 4.14. The van der Waals surface area contributed by atoms with E-state index >= 15 is 0 Å². The van der Waals surface area contributed by atoms with Crippen molar-refractivity contribution in [1.82, 2.24) is 4.90 Å². The van der Waals surface area contributed by atoms with Crippen molar-refractivity contribution >= 4 is 15.7 Å². The minimum Gasteiger partial charge on any atom is -0.314 e. The molecule has 1 aromatic carbocycles. The van der Waals surface area contributed by atoms with Crippen molar-refractivity contribution in [1.29, 1.82) is 5.26 Å². The van der Waals surface area contributed by atoms with E-state index in [-0.39, 0.29) is 29.1 Å². The summed E-state index contributed by atoms with van der Waals surface area (Å²) in [6, 6.07) is 2.59. The SMILES string of the molecule is N#CC1c2cc(C(F)(F)F)ccc2C(=O)N1C1CCS(=O)(=O)C1. The van der Waals surface area contributed by atoms with Crippen LogP contribution in [0, 0.1) is 11.3 Å². The van der Waals surface area contributed by atoms with Crippen molar-refractivity contribution in [3.63, 3.8) is 0 Å². The first kappa shape index (κ1) is 15.8. The Bertz CT molecular complexity index is 827. The van der Waals surface area contributed by atoms with Crippen LogP contribution in [0.25, 0.3) is 0 Å². The van der Waals surface area contributed by atoms with Crippen molar-refractivity contribution in [3.8, 4) is 6.07 Å². The fourth-order valence-corrected chi connectivity index (χ4v) is 4.78. The average molecular weight is 344 g/mol. The van der Waals surface area contributed by atoms with Crippen LogP contribution in [0.15, 0.2) is 18.2 Å². The summed E-state index contributed by atoms with van der Waals surface area (Å²) in [5.74, 6) is -0.955. The van der Waals surface area contributed by atoms with E-state index in [1.165, 1.54) is 0 Å². The van der Waals surface area contributed by atoms with Gasteiger partial charge < -0.3 is 4.90 Å². The maximum atomic E-state index is 12.8. The number of fused-ring (bicyclic) bond motifs is 1. The Balaban J connectivity index is 2.03. The number of rotatable bonds is 1. The lowest BCUT2D eigenvalue weighted by molar-refractivity contribution is -0.137. The molecule has 0 saturated carbocycles. The summed E-state index contributed by atoms with van der Waals surface area (Å²) in [5, 5.41) is 9.31. The molecule has 0 aliphatic carbocycles. The predicted octanol–water partition coefficient (Wildman–Crippen LogP) is 1.91. The first-order valence-corrected chi connectivity index (χ1v) is 8.60. The average Bonchev–Trinajstić information content (AvgIpc) is 2.95. The molecular weight excluding hydrogens is 333 g/mol. The molecule has 1 fully saturated rings. The molecule has 1 aromatic rings. The Morgan fingerprint density at radius 2 is 2.00 bits per heavy atom. The van der Waals surface area contributed by atoms with E-state index in [0.717, 1.165) is 23.1 Å². The van der Waals surface area contributed by atoms with Crippen molar-refractivity contribution in [2.45, 2.75) is 24.7 Å². The molecule has 23 heavy (non-hydrogen) atoms. The van der Waals surface area contributed by atoms with Crippen molar-refractivity contribution in [3.05, 3.63) is 34.9 Å². The van der Waals surface area contributed by atoms with Crippen LogP contribution in [0.2, 0.25) is 0 Å². The lowest BCUT2D eigenvalue weighted by Crippen LogP contribution is -2.38. The molecule has 1 amide bonds. The Hall–Kier alpha value is -2.08. The number of amides is 1. The van der Waals surface area contributed by atoms with Crippen LogP contribution >= 0.6 is 0 Å². The number of halogens is 3. The zero-order chi connectivity index (χ0) is 17.0. The van der Waals surface area contributed by atoms with E-state index in [9.17, 15) is 31.6 Å². The van der Waals surface area contributed by atoms with Gasteiger partial charge in [-0.25, -0.2) is 8.42 Å². The number of hydrogen-bond donors (Lipinski definition) is 0. The third-order valence-corrected chi connectivity index (χ3v) is 5.89. The number of nitriles is 1. The summed E-state index contributed by atoms with van der Waals surface area (Å²) in [6.07, 6.45) is -4.39. The van der Waals surface area contributed by atoms with Gasteiger partial charge in [-0.3, -0.25) is 4.79 Å². The minimum absolute atomic E-state index is 0.0170. The monoisotopic (exact) mass is 344 g/mol. The van der Waals surface area contributed by atoms with E-state index in [0.29, 0.717) is 0 Å². The fraction of sp³-hybridized carbons (Fsp3) is 0.429. The number of sulfone groups is 1. The second-order valence-corrected chi connectivity index (χ2v) is 7.83. The Kier molecular flexibility index (Phi) is 3.41. The summed E-state index contributed by atoms with van der Waals surface area (Å²) in [6.45, 7) is 0. The molecule has 2 unspecified atom stereocenters. The van der Waals surface area contributed by atoms with Crippen LogP contribution in [0.4, 0.5) is 13.2 Å². The van der Waals surface area contributed by atoms with Gasteiger partial charge in [-0.1, -0.05) is 0 Å². The lowest BCUT2D eigenvalue weighted by atomic mass is 10.0. The normalized spacial score (nSPS) is 26.2. The van der Waals surface area contributed by atoms with E-state index in [2.05, 4.69) is 0 Å². The quantitative estimate of drug-likeness (QED) is 0.780. The smallest absolute Gasteiger partial charge is 0.314 e. The van der Waals surface area contributed by atoms with Crippen LogP contribution in [-0.2, 0) is 16.0 Å². The molecule has 1 saturated heterocycles. The second kappa shape index (κ2) is 4.96. The highest BCUT2D eigenvalue weighted by Gasteiger charge is 2.45. The third kappa shape index (κ3) is 2.57. The lowest BCUT2D eigenvalue weighted by Gasteiger charge is -2.26. The minimum atomic E-state index is -4.58. The highest BCUT2D eigenvalue weighted by atomic mass is 32.2. The molecular formula is C14H11F3N2O3S. The summed E-state index contributed by atoms with van der Waals surface area (Å²) in [4.78, 5) is 13.5. The fourth-order valence-electron chi connectivity index (χ4n) is 3.07. The van der Waals surface area contributed by atoms with Gasteiger partial charge in [0.15, 0.2) is 9.84 Å². The summed E-state index contributed by atoms with van der Waals surface area (Å²) in [7, 11) is -3.29. The van der Waals surface area contributed by atoms with Crippen LogP contribution < -0.4 is 0 Å². The van der Waals surface area contributed by atoms with Crippen LogP contribution in [0.1, 0.15) is 33.9 Å². The zero-order valence-corrected chi connectivity index (χ0v) is 12.5. The molecule has 0 N–H and O–H groups in total. The molecule has 3 rings (SSSR count). The number of nitrogens with zero attached hydrogens (tertiary/aromatic N) is 2. The molecule has 0 spiro atoms. The van der Waals surface area contributed by atoms with Crippen LogP contribution in [0.3, 0.4) is 0 Å². The number of hydrogen-bond acceptors (Lipinski definition) is 4. The van der Waals surface area contributed by atoms with Crippen LogP contribution in [0.5, 0.6) is 0 Å². The number of carbonyl (C=O) groups excluding carboxylic acids is 1. The van der Waals surface area contributed by atoms with Gasteiger partial charge in [0.1, 0.15) is 6.04 Å². The highest BCUT2D eigenvalue weighted by molar-refractivity contribution is 7.91. The van der Waals surface area contributed by atoms with Crippen molar-refractivity contribution in [2.24, 2.45) is 0 Å². The molecule has 0 radical (unpaired) electrons. The van der Waals surface area contributed by atoms with E-state index in [4.69, 9.17) is 0 Å². The van der Waals surface area contributed by atoms with E-state index < -0.39 is 39.6 Å². The van der Waals surface area contributed by atoms with Crippen molar-refractivity contribution < 1.29 is 26.4 Å². The molecule has 0 bridgehead atoms. The highest BCUT2D eigenvalue weighted by Crippen LogP contribution is 2.40. The summed E-state index contributed by atoms with van der Waals surface area (Å²) in [5.41, 5.74) is -0.935. The Morgan fingerprint density at radius 1 is 1.30 bits per heavy atom. The first-order chi connectivity index (χ1) is 10.6. The van der Waals surface area contributed by atoms with Gasteiger partial charge in [0, 0.05) is 17.2 Å². The maximum absolute atomic E-state index is 12.8. The Labute approximate surface area is 130 Å². The molecule has 2 heterocycles. The molecule has 2 atom stereocenters. The van der Waals surface area contributed by atoms with E-state index in [1.807, 2.05) is 6.07 Å². The number of carbonyl (C=O) groups is 1. The molecule has 2 aliphatic heterocycles. The van der Waals surface area contributed by atoms with Gasteiger partial charge in [0.25, 0.3) is 5.91 Å². The van der Waals surface area contributed by atoms with Gasteiger partial charge in [-0.2, -0.15) is 18.4 Å².